The topological polar surface area (TPSA) is 59.2 Å². The molecular formula is C24H24FN3O. The number of carbonyl (C=O) groups is 1. The number of hydrogen-bond acceptors (Lipinski definition) is 3. The number of carbonyl (C=O) groups excluding carboxylic acids is 1. The predicted molar refractivity (Wildman–Crippen MR) is 111 cm³/mol. The standard InChI is InChI=1S/C24H24FN3O/c25-21-9-7-18(8-10-21)16-28-13-11-24(17-28,23(26)29)14-19-4-1-2-6-22(19)20-5-3-12-27-15-20/h1-10,12,15H,11,13-14,16-17H2,(H2,26,29). The quantitative estimate of drug-likeness (QED) is 0.697. The van der Waals surface area contributed by atoms with Gasteiger partial charge in [-0.25, -0.2) is 4.39 Å². The van der Waals surface area contributed by atoms with Crippen LogP contribution in [0.15, 0.2) is 73.1 Å². The summed E-state index contributed by atoms with van der Waals surface area (Å²) in [6, 6.07) is 18.6. The van der Waals surface area contributed by atoms with Crippen LogP contribution in [0.2, 0.25) is 0 Å². The van der Waals surface area contributed by atoms with Crippen molar-refractivity contribution in [1.82, 2.24) is 9.88 Å². The molecule has 2 aromatic carbocycles. The molecule has 148 valence electrons. The lowest BCUT2D eigenvalue weighted by atomic mass is 9.78. The van der Waals surface area contributed by atoms with Crippen LogP contribution in [0, 0.1) is 11.2 Å². The highest BCUT2D eigenvalue weighted by Gasteiger charge is 2.43. The molecule has 1 aliphatic heterocycles. The third-order valence-corrected chi connectivity index (χ3v) is 5.79. The molecule has 0 radical (unpaired) electrons. The second-order valence-corrected chi connectivity index (χ2v) is 7.81. The molecule has 0 saturated carbocycles. The molecule has 29 heavy (non-hydrogen) atoms. The molecule has 1 aromatic heterocycles. The Kier molecular flexibility index (Phi) is 5.41. The lowest BCUT2D eigenvalue weighted by Gasteiger charge is -2.27. The zero-order valence-corrected chi connectivity index (χ0v) is 16.2. The van der Waals surface area contributed by atoms with E-state index in [1.807, 2.05) is 30.5 Å². The van der Waals surface area contributed by atoms with E-state index in [0.717, 1.165) is 28.8 Å². The Morgan fingerprint density at radius 2 is 1.90 bits per heavy atom. The number of nitrogens with two attached hydrogens (primary N) is 1. The van der Waals surface area contributed by atoms with E-state index in [4.69, 9.17) is 5.73 Å². The zero-order valence-electron chi connectivity index (χ0n) is 16.2. The summed E-state index contributed by atoms with van der Waals surface area (Å²) in [6.45, 7) is 2.07. The van der Waals surface area contributed by atoms with Crippen molar-refractivity contribution < 1.29 is 9.18 Å². The van der Waals surface area contributed by atoms with Gasteiger partial charge in [0.1, 0.15) is 5.82 Å². The van der Waals surface area contributed by atoms with Crippen LogP contribution in [0.3, 0.4) is 0 Å². The predicted octanol–water partition coefficient (Wildman–Crippen LogP) is 3.81. The van der Waals surface area contributed by atoms with Gasteiger partial charge in [-0.1, -0.05) is 42.5 Å². The number of primary amides is 1. The molecule has 0 aliphatic carbocycles. The SMILES string of the molecule is NC(=O)C1(Cc2ccccc2-c2cccnc2)CCN(Cc2ccc(F)cc2)C1. The first-order valence-corrected chi connectivity index (χ1v) is 9.81. The number of hydrogen-bond donors (Lipinski definition) is 1. The third-order valence-electron chi connectivity index (χ3n) is 5.79. The number of aromatic nitrogens is 1. The lowest BCUT2D eigenvalue weighted by Crippen LogP contribution is -2.41. The molecule has 1 amide bonds. The summed E-state index contributed by atoms with van der Waals surface area (Å²) >= 11 is 0. The van der Waals surface area contributed by atoms with Crippen LogP contribution in [0.1, 0.15) is 17.5 Å². The second kappa shape index (κ2) is 8.13. The molecule has 2 heterocycles. The Balaban J connectivity index is 1.56. The molecule has 5 heteroatoms. The lowest BCUT2D eigenvalue weighted by molar-refractivity contribution is -0.127. The van der Waals surface area contributed by atoms with Crippen molar-refractivity contribution in [1.29, 1.82) is 0 Å². The molecule has 1 atom stereocenters. The number of benzene rings is 2. The molecular weight excluding hydrogens is 365 g/mol. The molecule has 1 unspecified atom stereocenters. The fourth-order valence-corrected chi connectivity index (χ4v) is 4.22. The molecule has 3 aromatic rings. The average Bonchev–Trinajstić information content (AvgIpc) is 3.15. The first-order valence-electron chi connectivity index (χ1n) is 9.81. The van der Waals surface area contributed by atoms with Crippen molar-refractivity contribution in [3.05, 3.63) is 90.0 Å². The molecule has 4 rings (SSSR count). The van der Waals surface area contributed by atoms with Gasteiger partial charge >= 0.3 is 0 Å². The van der Waals surface area contributed by atoms with Gasteiger partial charge in [0, 0.05) is 31.0 Å². The van der Waals surface area contributed by atoms with Gasteiger partial charge in [0.15, 0.2) is 0 Å². The number of rotatable bonds is 6. The van der Waals surface area contributed by atoms with E-state index in [1.165, 1.54) is 12.1 Å². The van der Waals surface area contributed by atoms with Crippen molar-refractivity contribution >= 4 is 5.91 Å². The van der Waals surface area contributed by atoms with E-state index >= 15 is 0 Å². The van der Waals surface area contributed by atoms with Gasteiger partial charge in [0.05, 0.1) is 5.41 Å². The summed E-state index contributed by atoms with van der Waals surface area (Å²) in [4.78, 5) is 19.0. The van der Waals surface area contributed by atoms with Crippen LogP contribution < -0.4 is 5.73 Å². The maximum Gasteiger partial charge on any atom is 0.225 e. The number of halogens is 1. The molecule has 1 saturated heterocycles. The van der Waals surface area contributed by atoms with E-state index in [9.17, 15) is 9.18 Å². The summed E-state index contributed by atoms with van der Waals surface area (Å²) in [5.41, 5.74) is 9.55. The van der Waals surface area contributed by atoms with Crippen LogP contribution in [0.5, 0.6) is 0 Å². The second-order valence-electron chi connectivity index (χ2n) is 7.81. The zero-order chi connectivity index (χ0) is 20.3. The van der Waals surface area contributed by atoms with Gasteiger partial charge in [-0.05, 0) is 54.3 Å². The number of likely N-dealkylation sites (tertiary alicyclic amines) is 1. The van der Waals surface area contributed by atoms with Crippen LogP contribution in [0.25, 0.3) is 11.1 Å². The van der Waals surface area contributed by atoms with Crippen molar-refractivity contribution in [2.45, 2.75) is 19.4 Å². The van der Waals surface area contributed by atoms with Crippen molar-refractivity contribution in [2.75, 3.05) is 13.1 Å². The minimum atomic E-state index is -0.613. The van der Waals surface area contributed by atoms with Gasteiger partial charge in [-0.2, -0.15) is 0 Å². The fourth-order valence-electron chi connectivity index (χ4n) is 4.22. The van der Waals surface area contributed by atoms with E-state index in [0.29, 0.717) is 25.9 Å². The van der Waals surface area contributed by atoms with Crippen molar-refractivity contribution in [2.24, 2.45) is 11.1 Å². The summed E-state index contributed by atoms with van der Waals surface area (Å²) in [5, 5.41) is 0. The Labute approximate surface area is 170 Å². The smallest absolute Gasteiger partial charge is 0.225 e. The first kappa shape index (κ1) is 19.3. The Bertz CT molecular complexity index is 991. The largest absolute Gasteiger partial charge is 0.369 e. The maximum absolute atomic E-state index is 13.2. The highest BCUT2D eigenvalue weighted by atomic mass is 19.1. The molecule has 0 spiro atoms. The maximum atomic E-state index is 13.2. The van der Waals surface area contributed by atoms with Gasteiger partial charge in [-0.3, -0.25) is 14.7 Å². The highest BCUT2D eigenvalue weighted by molar-refractivity contribution is 5.82. The van der Waals surface area contributed by atoms with Crippen molar-refractivity contribution in [3.8, 4) is 11.1 Å². The average molecular weight is 389 g/mol. The van der Waals surface area contributed by atoms with Crippen LogP contribution in [-0.2, 0) is 17.8 Å². The number of pyridine rings is 1. The van der Waals surface area contributed by atoms with Crippen molar-refractivity contribution in [3.63, 3.8) is 0 Å². The Hall–Kier alpha value is -3.05. The minimum Gasteiger partial charge on any atom is -0.369 e. The van der Waals surface area contributed by atoms with Gasteiger partial charge in [0.2, 0.25) is 5.91 Å². The van der Waals surface area contributed by atoms with E-state index in [-0.39, 0.29) is 11.7 Å². The van der Waals surface area contributed by atoms with Gasteiger partial charge < -0.3 is 5.73 Å². The monoisotopic (exact) mass is 389 g/mol. The molecule has 2 N–H and O–H groups in total. The summed E-state index contributed by atoms with van der Waals surface area (Å²) in [7, 11) is 0. The normalized spacial score (nSPS) is 19.3. The molecule has 4 nitrogen and oxygen atoms in total. The van der Waals surface area contributed by atoms with Crippen LogP contribution in [0.4, 0.5) is 4.39 Å². The molecule has 0 bridgehead atoms. The summed E-state index contributed by atoms with van der Waals surface area (Å²) in [5.74, 6) is -0.506. The summed E-state index contributed by atoms with van der Waals surface area (Å²) < 4.78 is 13.2. The molecule has 1 fully saturated rings. The Morgan fingerprint density at radius 1 is 1.10 bits per heavy atom. The minimum absolute atomic E-state index is 0.242. The molecule has 1 aliphatic rings. The number of nitrogens with zero attached hydrogens (tertiary/aromatic N) is 2. The summed E-state index contributed by atoms with van der Waals surface area (Å²) in [6.07, 6.45) is 4.89. The van der Waals surface area contributed by atoms with E-state index in [2.05, 4.69) is 22.0 Å². The van der Waals surface area contributed by atoms with Gasteiger partial charge in [-0.15, -0.1) is 0 Å². The van der Waals surface area contributed by atoms with Gasteiger partial charge in [0.25, 0.3) is 0 Å². The first-order chi connectivity index (χ1) is 14.1. The van der Waals surface area contributed by atoms with Crippen LogP contribution >= 0.6 is 0 Å². The number of amides is 1. The van der Waals surface area contributed by atoms with E-state index < -0.39 is 5.41 Å². The third kappa shape index (κ3) is 4.20. The fraction of sp³-hybridized carbons (Fsp3) is 0.250. The van der Waals surface area contributed by atoms with E-state index in [1.54, 1.807) is 18.3 Å². The highest BCUT2D eigenvalue weighted by Crippen LogP contribution is 2.37. The van der Waals surface area contributed by atoms with Crippen LogP contribution in [-0.4, -0.2) is 28.9 Å². The Morgan fingerprint density at radius 3 is 2.62 bits per heavy atom.